The van der Waals surface area contributed by atoms with E-state index in [-0.39, 0.29) is 11.6 Å². The molecule has 132 valence electrons. The lowest BCUT2D eigenvalue weighted by Gasteiger charge is -2.08. The molecule has 1 aliphatic rings. The Kier molecular flexibility index (Phi) is 4.97. The quantitative estimate of drug-likeness (QED) is 0.433. The van der Waals surface area contributed by atoms with Gasteiger partial charge in [0.05, 0.1) is 10.6 Å². The SMILES string of the molecule is Cc1ccc(NCCCNC(=O)c2conc2C2CC2)c([N+](=O)[O-])c1. The summed E-state index contributed by atoms with van der Waals surface area (Å²) in [5, 5.41) is 20.8. The number of aryl methyl sites for hydroxylation is 1. The monoisotopic (exact) mass is 344 g/mol. The van der Waals surface area contributed by atoms with Crippen molar-refractivity contribution in [3.63, 3.8) is 0 Å². The Morgan fingerprint density at radius 1 is 1.40 bits per heavy atom. The highest BCUT2D eigenvalue weighted by Crippen LogP contribution is 2.40. The van der Waals surface area contributed by atoms with Crippen LogP contribution in [0.15, 0.2) is 29.0 Å². The first kappa shape index (κ1) is 16.9. The number of aromatic nitrogens is 1. The molecular weight excluding hydrogens is 324 g/mol. The van der Waals surface area contributed by atoms with Crippen LogP contribution in [0.5, 0.6) is 0 Å². The van der Waals surface area contributed by atoms with E-state index in [1.165, 1.54) is 12.3 Å². The summed E-state index contributed by atoms with van der Waals surface area (Å²) >= 11 is 0. The summed E-state index contributed by atoms with van der Waals surface area (Å²) < 4.78 is 4.91. The Bertz CT molecular complexity index is 783. The van der Waals surface area contributed by atoms with Crippen LogP contribution in [-0.2, 0) is 0 Å². The van der Waals surface area contributed by atoms with Crippen molar-refractivity contribution in [2.45, 2.75) is 32.1 Å². The van der Waals surface area contributed by atoms with Gasteiger partial charge in [0.1, 0.15) is 17.5 Å². The predicted molar refractivity (Wildman–Crippen MR) is 91.8 cm³/mol. The predicted octanol–water partition coefficient (Wildman–Crippen LogP) is 3.00. The second-order valence-corrected chi connectivity index (χ2v) is 6.20. The molecular formula is C17H20N4O4. The van der Waals surface area contributed by atoms with Gasteiger partial charge in [0.2, 0.25) is 0 Å². The van der Waals surface area contributed by atoms with Crippen LogP contribution in [0.2, 0.25) is 0 Å². The number of benzene rings is 1. The molecule has 25 heavy (non-hydrogen) atoms. The Morgan fingerprint density at radius 2 is 2.20 bits per heavy atom. The second kappa shape index (κ2) is 7.33. The van der Waals surface area contributed by atoms with Crippen molar-refractivity contribution in [3.05, 3.63) is 51.4 Å². The summed E-state index contributed by atoms with van der Waals surface area (Å²) in [5.41, 5.74) is 2.62. The Morgan fingerprint density at radius 3 is 2.92 bits per heavy atom. The first-order valence-electron chi connectivity index (χ1n) is 8.27. The third kappa shape index (κ3) is 4.14. The zero-order valence-electron chi connectivity index (χ0n) is 13.9. The van der Waals surface area contributed by atoms with Crippen LogP contribution >= 0.6 is 0 Å². The first-order valence-corrected chi connectivity index (χ1v) is 8.27. The Hall–Kier alpha value is -2.90. The van der Waals surface area contributed by atoms with Gasteiger partial charge in [-0.2, -0.15) is 0 Å². The number of carbonyl (C=O) groups is 1. The number of carbonyl (C=O) groups excluding carboxylic acids is 1. The van der Waals surface area contributed by atoms with E-state index >= 15 is 0 Å². The zero-order valence-corrected chi connectivity index (χ0v) is 13.9. The normalized spacial score (nSPS) is 13.5. The van der Waals surface area contributed by atoms with E-state index in [1.54, 1.807) is 6.07 Å². The van der Waals surface area contributed by atoms with Gasteiger partial charge in [-0.05, 0) is 37.8 Å². The maximum absolute atomic E-state index is 12.2. The van der Waals surface area contributed by atoms with Crippen molar-refractivity contribution in [1.29, 1.82) is 0 Å². The molecule has 0 saturated heterocycles. The van der Waals surface area contributed by atoms with Crippen molar-refractivity contribution >= 4 is 17.3 Å². The second-order valence-electron chi connectivity index (χ2n) is 6.20. The first-order chi connectivity index (χ1) is 12.1. The summed E-state index contributed by atoms with van der Waals surface area (Å²) in [6, 6.07) is 5.06. The van der Waals surface area contributed by atoms with E-state index in [0.29, 0.717) is 36.7 Å². The minimum Gasteiger partial charge on any atom is -0.379 e. The number of hydrogen-bond acceptors (Lipinski definition) is 6. The van der Waals surface area contributed by atoms with E-state index < -0.39 is 4.92 Å². The van der Waals surface area contributed by atoms with Gasteiger partial charge >= 0.3 is 0 Å². The van der Waals surface area contributed by atoms with E-state index in [4.69, 9.17) is 4.52 Å². The van der Waals surface area contributed by atoms with Crippen LogP contribution in [-0.4, -0.2) is 29.1 Å². The van der Waals surface area contributed by atoms with Crippen LogP contribution in [0.4, 0.5) is 11.4 Å². The molecule has 3 rings (SSSR count). The molecule has 1 aromatic carbocycles. The number of hydrogen-bond donors (Lipinski definition) is 2. The molecule has 2 aromatic rings. The minimum atomic E-state index is -0.400. The van der Waals surface area contributed by atoms with Crippen LogP contribution < -0.4 is 10.6 Å². The van der Waals surface area contributed by atoms with Crippen molar-refractivity contribution in [2.75, 3.05) is 18.4 Å². The molecule has 1 heterocycles. The molecule has 1 fully saturated rings. The highest BCUT2D eigenvalue weighted by molar-refractivity contribution is 5.95. The molecule has 1 aliphatic carbocycles. The summed E-state index contributed by atoms with van der Waals surface area (Å²) in [6.07, 6.45) is 4.12. The van der Waals surface area contributed by atoms with Gasteiger partial charge in [0, 0.05) is 25.1 Å². The van der Waals surface area contributed by atoms with E-state index in [9.17, 15) is 14.9 Å². The fourth-order valence-electron chi connectivity index (χ4n) is 2.62. The summed E-state index contributed by atoms with van der Waals surface area (Å²) in [6.45, 7) is 2.79. The molecule has 0 unspecified atom stereocenters. The van der Waals surface area contributed by atoms with E-state index in [0.717, 1.165) is 24.1 Å². The average Bonchev–Trinajstić information content (AvgIpc) is 3.31. The number of anilines is 1. The number of amides is 1. The van der Waals surface area contributed by atoms with Gasteiger partial charge < -0.3 is 15.2 Å². The molecule has 8 nitrogen and oxygen atoms in total. The number of rotatable bonds is 8. The average molecular weight is 344 g/mol. The number of nitro groups is 1. The zero-order chi connectivity index (χ0) is 17.8. The summed E-state index contributed by atoms with van der Waals surface area (Å²) in [5.74, 6) is 0.160. The third-order valence-electron chi connectivity index (χ3n) is 4.11. The summed E-state index contributed by atoms with van der Waals surface area (Å²) in [7, 11) is 0. The van der Waals surface area contributed by atoms with Crippen LogP contribution in [0.3, 0.4) is 0 Å². The van der Waals surface area contributed by atoms with Gasteiger partial charge in [-0.3, -0.25) is 14.9 Å². The van der Waals surface area contributed by atoms with Crippen molar-refractivity contribution in [1.82, 2.24) is 10.5 Å². The smallest absolute Gasteiger partial charge is 0.292 e. The molecule has 1 aromatic heterocycles. The molecule has 8 heteroatoms. The molecule has 1 saturated carbocycles. The number of nitro benzene ring substituents is 1. The topological polar surface area (TPSA) is 110 Å². The van der Waals surface area contributed by atoms with E-state index in [1.807, 2.05) is 13.0 Å². The fourth-order valence-corrected chi connectivity index (χ4v) is 2.62. The molecule has 0 spiro atoms. The Balaban J connectivity index is 1.45. The lowest BCUT2D eigenvalue weighted by molar-refractivity contribution is -0.384. The largest absolute Gasteiger partial charge is 0.379 e. The van der Waals surface area contributed by atoms with Gasteiger partial charge in [-0.15, -0.1) is 0 Å². The molecule has 0 bridgehead atoms. The Labute approximate surface area is 144 Å². The molecule has 1 amide bonds. The molecule has 0 aliphatic heterocycles. The summed E-state index contributed by atoms with van der Waals surface area (Å²) in [4.78, 5) is 22.8. The highest BCUT2D eigenvalue weighted by atomic mass is 16.6. The third-order valence-corrected chi connectivity index (χ3v) is 4.11. The van der Waals surface area contributed by atoms with Crippen LogP contribution in [0.1, 0.15) is 46.8 Å². The lowest BCUT2D eigenvalue weighted by Crippen LogP contribution is -2.26. The van der Waals surface area contributed by atoms with Gasteiger partial charge in [0.25, 0.3) is 11.6 Å². The molecule has 2 N–H and O–H groups in total. The standard InChI is InChI=1S/C17H20N4O4/c1-11-3-6-14(15(9-11)21(23)24)18-7-2-8-19-17(22)13-10-25-20-16(13)12-4-5-12/h3,6,9-10,12,18H,2,4-5,7-8H2,1H3,(H,19,22). The maximum atomic E-state index is 12.2. The lowest BCUT2D eigenvalue weighted by atomic mass is 10.1. The van der Waals surface area contributed by atoms with Gasteiger partial charge in [-0.25, -0.2) is 0 Å². The number of nitrogens with one attached hydrogen (secondary N) is 2. The van der Waals surface area contributed by atoms with Crippen molar-refractivity contribution in [3.8, 4) is 0 Å². The van der Waals surface area contributed by atoms with Crippen LogP contribution in [0.25, 0.3) is 0 Å². The van der Waals surface area contributed by atoms with Crippen LogP contribution in [0, 0.1) is 17.0 Å². The molecule has 0 radical (unpaired) electrons. The van der Waals surface area contributed by atoms with Gasteiger partial charge in [0.15, 0.2) is 0 Å². The molecule has 0 atom stereocenters. The minimum absolute atomic E-state index is 0.0579. The van der Waals surface area contributed by atoms with Crippen molar-refractivity contribution < 1.29 is 14.2 Å². The highest BCUT2D eigenvalue weighted by Gasteiger charge is 2.31. The van der Waals surface area contributed by atoms with E-state index in [2.05, 4.69) is 15.8 Å². The van der Waals surface area contributed by atoms with Crippen molar-refractivity contribution in [2.24, 2.45) is 0 Å². The maximum Gasteiger partial charge on any atom is 0.292 e. The van der Waals surface area contributed by atoms with Gasteiger partial charge in [-0.1, -0.05) is 11.2 Å². The fraction of sp³-hybridized carbons (Fsp3) is 0.412. The number of nitrogens with zero attached hydrogens (tertiary/aromatic N) is 2.